The fourth-order valence-electron chi connectivity index (χ4n) is 2.80. The molecule has 136 valence electrons. The average molecular weight is 378 g/mol. The lowest BCUT2D eigenvalue weighted by Gasteiger charge is -2.07. The fraction of sp³-hybridized carbons (Fsp3) is 0.143. The number of thioether (sulfide) groups is 1. The molecule has 0 aliphatic rings. The second-order valence-corrected chi connectivity index (χ2v) is 6.99. The first kappa shape index (κ1) is 17.4. The van der Waals surface area contributed by atoms with Crippen LogP contribution in [-0.4, -0.2) is 23.8 Å². The second kappa shape index (κ2) is 7.72. The summed E-state index contributed by atoms with van der Waals surface area (Å²) in [6.07, 6.45) is 0. The van der Waals surface area contributed by atoms with Crippen molar-refractivity contribution in [1.82, 2.24) is 10.3 Å². The van der Waals surface area contributed by atoms with Gasteiger partial charge < -0.3 is 14.5 Å². The molecule has 0 aliphatic heterocycles. The maximum atomic E-state index is 12.1. The Morgan fingerprint density at radius 3 is 2.78 bits per heavy atom. The molecule has 5 nitrogen and oxygen atoms in total. The molecule has 0 saturated heterocycles. The van der Waals surface area contributed by atoms with Crippen LogP contribution >= 0.6 is 11.8 Å². The molecule has 0 fully saturated rings. The molecule has 1 N–H and O–H groups in total. The van der Waals surface area contributed by atoms with E-state index in [0.717, 1.165) is 33.2 Å². The SMILES string of the molecule is COc1ccc2cc(CNC(=O)CSc3nc4ccccc4o3)ccc2c1. The number of oxazole rings is 1. The monoisotopic (exact) mass is 378 g/mol. The predicted octanol–water partition coefficient (Wildman–Crippen LogP) is 4.40. The summed E-state index contributed by atoms with van der Waals surface area (Å²) in [4.78, 5) is 16.5. The summed E-state index contributed by atoms with van der Waals surface area (Å²) < 4.78 is 10.9. The summed E-state index contributed by atoms with van der Waals surface area (Å²) in [5.74, 6) is 1.04. The molecular weight excluding hydrogens is 360 g/mol. The first-order valence-electron chi connectivity index (χ1n) is 8.53. The van der Waals surface area contributed by atoms with Gasteiger partial charge in [0.05, 0.1) is 12.9 Å². The Hall–Kier alpha value is -2.99. The van der Waals surface area contributed by atoms with Crippen molar-refractivity contribution in [3.05, 3.63) is 66.2 Å². The van der Waals surface area contributed by atoms with E-state index in [1.807, 2.05) is 54.6 Å². The van der Waals surface area contributed by atoms with Crippen molar-refractivity contribution in [3.63, 3.8) is 0 Å². The molecule has 4 rings (SSSR count). The quantitative estimate of drug-likeness (QED) is 0.504. The van der Waals surface area contributed by atoms with E-state index in [1.165, 1.54) is 11.8 Å². The summed E-state index contributed by atoms with van der Waals surface area (Å²) in [5, 5.41) is 5.66. The Labute approximate surface area is 160 Å². The number of aromatic nitrogens is 1. The number of amides is 1. The van der Waals surface area contributed by atoms with E-state index in [4.69, 9.17) is 9.15 Å². The minimum absolute atomic E-state index is 0.0583. The van der Waals surface area contributed by atoms with Gasteiger partial charge in [-0.3, -0.25) is 4.79 Å². The summed E-state index contributed by atoms with van der Waals surface area (Å²) in [5.41, 5.74) is 2.58. The van der Waals surface area contributed by atoms with Crippen molar-refractivity contribution in [2.24, 2.45) is 0 Å². The number of para-hydroxylation sites is 2. The Balaban J connectivity index is 1.33. The lowest BCUT2D eigenvalue weighted by molar-refractivity contribution is -0.118. The number of hydrogen-bond donors (Lipinski definition) is 1. The van der Waals surface area contributed by atoms with Gasteiger partial charge in [-0.2, -0.15) is 0 Å². The third-order valence-corrected chi connectivity index (χ3v) is 5.03. The molecule has 1 heterocycles. The third-order valence-electron chi connectivity index (χ3n) is 4.20. The van der Waals surface area contributed by atoms with Crippen molar-refractivity contribution in [2.45, 2.75) is 11.8 Å². The molecule has 4 aromatic rings. The molecule has 0 atom stereocenters. The number of benzene rings is 3. The Bertz CT molecular complexity index is 1070. The normalized spacial score (nSPS) is 11.0. The van der Waals surface area contributed by atoms with Gasteiger partial charge in [0, 0.05) is 6.54 Å². The van der Waals surface area contributed by atoms with Gasteiger partial charge in [-0.15, -0.1) is 0 Å². The van der Waals surface area contributed by atoms with Gasteiger partial charge in [0.15, 0.2) is 5.58 Å². The molecule has 0 spiro atoms. The molecule has 0 unspecified atom stereocenters. The van der Waals surface area contributed by atoms with E-state index in [0.29, 0.717) is 11.8 Å². The van der Waals surface area contributed by atoms with E-state index in [2.05, 4.69) is 16.4 Å². The zero-order chi connectivity index (χ0) is 18.6. The smallest absolute Gasteiger partial charge is 0.257 e. The number of ether oxygens (including phenoxy) is 1. The van der Waals surface area contributed by atoms with E-state index in [-0.39, 0.29) is 11.7 Å². The van der Waals surface area contributed by atoms with Crippen LogP contribution in [0.4, 0.5) is 0 Å². The fourth-order valence-corrected chi connectivity index (χ4v) is 3.47. The van der Waals surface area contributed by atoms with Crippen LogP contribution in [0.3, 0.4) is 0 Å². The summed E-state index contributed by atoms with van der Waals surface area (Å²) in [6, 6.07) is 19.6. The van der Waals surface area contributed by atoms with Gasteiger partial charge in [-0.25, -0.2) is 4.98 Å². The lowest BCUT2D eigenvalue weighted by Crippen LogP contribution is -2.24. The number of rotatable bonds is 6. The number of nitrogens with one attached hydrogen (secondary N) is 1. The molecule has 0 bridgehead atoms. The Morgan fingerprint density at radius 2 is 1.93 bits per heavy atom. The minimum atomic E-state index is -0.0583. The van der Waals surface area contributed by atoms with Crippen LogP contribution in [0, 0.1) is 0 Å². The topological polar surface area (TPSA) is 64.4 Å². The number of methoxy groups -OCH3 is 1. The highest BCUT2D eigenvalue weighted by atomic mass is 32.2. The molecule has 1 amide bonds. The lowest BCUT2D eigenvalue weighted by atomic mass is 10.1. The molecule has 1 aromatic heterocycles. The molecule has 3 aromatic carbocycles. The number of carbonyl (C=O) groups excluding carboxylic acids is 1. The zero-order valence-electron chi connectivity index (χ0n) is 14.8. The van der Waals surface area contributed by atoms with Gasteiger partial charge >= 0.3 is 0 Å². The standard InChI is InChI=1S/C21H18N2O3S/c1-25-17-9-8-15-10-14(6-7-16(15)11-17)12-22-20(24)13-27-21-23-18-4-2-3-5-19(18)26-21/h2-11H,12-13H2,1H3,(H,22,24). The molecule has 6 heteroatoms. The number of fused-ring (bicyclic) bond motifs is 2. The van der Waals surface area contributed by atoms with Crippen molar-refractivity contribution < 1.29 is 13.9 Å². The molecular formula is C21H18N2O3S. The Kier molecular flexibility index (Phi) is 4.98. The van der Waals surface area contributed by atoms with E-state index in [1.54, 1.807) is 7.11 Å². The van der Waals surface area contributed by atoms with Crippen molar-refractivity contribution >= 4 is 39.5 Å². The first-order chi connectivity index (χ1) is 13.2. The van der Waals surface area contributed by atoms with Crippen molar-refractivity contribution in [2.75, 3.05) is 12.9 Å². The van der Waals surface area contributed by atoms with Crippen LogP contribution in [0.1, 0.15) is 5.56 Å². The van der Waals surface area contributed by atoms with Gasteiger partial charge in [0.2, 0.25) is 5.91 Å². The van der Waals surface area contributed by atoms with Gasteiger partial charge in [-0.05, 0) is 46.7 Å². The van der Waals surface area contributed by atoms with Gasteiger partial charge in [0.25, 0.3) is 5.22 Å². The molecule has 0 aliphatic carbocycles. The molecule has 0 radical (unpaired) electrons. The largest absolute Gasteiger partial charge is 0.497 e. The molecule has 0 saturated carbocycles. The summed E-state index contributed by atoms with van der Waals surface area (Å²) in [7, 11) is 1.66. The average Bonchev–Trinajstić information content (AvgIpc) is 3.13. The van der Waals surface area contributed by atoms with Crippen molar-refractivity contribution in [1.29, 1.82) is 0 Å². The Morgan fingerprint density at radius 1 is 1.11 bits per heavy atom. The highest BCUT2D eigenvalue weighted by molar-refractivity contribution is 7.99. The first-order valence-corrected chi connectivity index (χ1v) is 9.51. The summed E-state index contributed by atoms with van der Waals surface area (Å²) >= 11 is 1.29. The van der Waals surface area contributed by atoms with Crippen LogP contribution in [0.5, 0.6) is 5.75 Å². The van der Waals surface area contributed by atoms with Crippen LogP contribution in [0.2, 0.25) is 0 Å². The molecule has 27 heavy (non-hydrogen) atoms. The zero-order valence-corrected chi connectivity index (χ0v) is 15.6. The highest BCUT2D eigenvalue weighted by Gasteiger charge is 2.09. The maximum absolute atomic E-state index is 12.1. The van der Waals surface area contributed by atoms with Crippen LogP contribution in [-0.2, 0) is 11.3 Å². The number of nitrogens with zero attached hydrogens (tertiary/aromatic N) is 1. The van der Waals surface area contributed by atoms with Gasteiger partial charge in [-0.1, -0.05) is 42.1 Å². The van der Waals surface area contributed by atoms with E-state index in [9.17, 15) is 4.79 Å². The second-order valence-electron chi connectivity index (χ2n) is 6.06. The predicted molar refractivity (Wildman–Crippen MR) is 107 cm³/mol. The van der Waals surface area contributed by atoms with E-state index >= 15 is 0 Å². The van der Waals surface area contributed by atoms with E-state index < -0.39 is 0 Å². The number of carbonyl (C=O) groups is 1. The van der Waals surface area contributed by atoms with Crippen LogP contribution in [0.15, 0.2) is 70.3 Å². The number of hydrogen-bond acceptors (Lipinski definition) is 5. The third kappa shape index (κ3) is 4.06. The van der Waals surface area contributed by atoms with Crippen LogP contribution < -0.4 is 10.1 Å². The van der Waals surface area contributed by atoms with Crippen molar-refractivity contribution in [3.8, 4) is 5.75 Å². The maximum Gasteiger partial charge on any atom is 0.257 e. The highest BCUT2D eigenvalue weighted by Crippen LogP contribution is 2.23. The van der Waals surface area contributed by atoms with Gasteiger partial charge in [0.1, 0.15) is 11.3 Å². The van der Waals surface area contributed by atoms with Crippen LogP contribution in [0.25, 0.3) is 21.9 Å². The summed E-state index contributed by atoms with van der Waals surface area (Å²) in [6.45, 7) is 0.481. The minimum Gasteiger partial charge on any atom is -0.497 e.